The van der Waals surface area contributed by atoms with Crippen LogP contribution in [0.3, 0.4) is 0 Å². The number of nitrogens with one attached hydrogen (secondary N) is 1. The average Bonchev–Trinajstić information content (AvgIpc) is 2.98. The Morgan fingerprint density at radius 3 is 2.87 bits per heavy atom. The Kier molecular flexibility index (Phi) is 4.35. The largest absolute Gasteiger partial charge is 0.310 e. The van der Waals surface area contributed by atoms with E-state index in [4.69, 9.17) is 0 Å². The van der Waals surface area contributed by atoms with Crippen molar-refractivity contribution in [3.63, 3.8) is 0 Å². The van der Waals surface area contributed by atoms with E-state index in [0.29, 0.717) is 6.04 Å². The maximum atomic E-state index is 3.77. The third-order valence-corrected chi connectivity index (χ3v) is 4.20. The van der Waals surface area contributed by atoms with Gasteiger partial charge in [0.2, 0.25) is 0 Å². The van der Waals surface area contributed by atoms with Crippen LogP contribution in [0.2, 0.25) is 0 Å². The van der Waals surface area contributed by atoms with Crippen LogP contribution < -0.4 is 5.32 Å². The Hall–Kier alpha value is 0.270. The highest BCUT2D eigenvalue weighted by Crippen LogP contribution is 2.29. The molecule has 2 aliphatic rings. The van der Waals surface area contributed by atoms with E-state index < -0.39 is 0 Å². The number of rotatable bonds is 6. The van der Waals surface area contributed by atoms with Gasteiger partial charge in [0.15, 0.2) is 0 Å². The Labute approximate surface area is 98.2 Å². The van der Waals surface area contributed by atoms with Gasteiger partial charge in [0.05, 0.1) is 0 Å². The van der Waals surface area contributed by atoms with E-state index in [1.165, 1.54) is 44.5 Å². The number of hydrogen-bond acceptors (Lipinski definition) is 3. The van der Waals surface area contributed by atoms with Gasteiger partial charge in [-0.05, 0) is 44.6 Å². The van der Waals surface area contributed by atoms with E-state index in [1.807, 2.05) is 11.8 Å². The maximum Gasteiger partial charge on any atom is 0.0209 e. The van der Waals surface area contributed by atoms with Crippen LogP contribution in [-0.2, 0) is 0 Å². The smallest absolute Gasteiger partial charge is 0.0209 e. The SMILES string of the molecule is CSCCC(C)NC1CCN(C2CC2)C1. The van der Waals surface area contributed by atoms with E-state index in [1.54, 1.807) is 0 Å². The van der Waals surface area contributed by atoms with E-state index >= 15 is 0 Å². The van der Waals surface area contributed by atoms with Crippen molar-refractivity contribution in [1.29, 1.82) is 0 Å². The third kappa shape index (κ3) is 3.65. The van der Waals surface area contributed by atoms with Crippen molar-refractivity contribution in [3.8, 4) is 0 Å². The molecule has 1 aliphatic heterocycles. The summed E-state index contributed by atoms with van der Waals surface area (Å²) in [4.78, 5) is 2.68. The van der Waals surface area contributed by atoms with Gasteiger partial charge in [0.1, 0.15) is 0 Å². The van der Waals surface area contributed by atoms with Gasteiger partial charge in [-0.3, -0.25) is 4.90 Å². The molecule has 2 nitrogen and oxygen atoms in total. The predicted molar refractivity (Wildman–Crippen MR) is 68.6 cm³/mol. The molecule has 0 radical (unpaired) electrons. The topological polar surface area (TPSA) is 15.3 Å². The molecule has 0 spiro atoms. The summed E-state index contributed by atoms with van der Waals surface area (Å²) in [5, 5.41) is 3.77. The highest BCUT2D eigenvalue weighted by Gasteiger charge is 2.34. The van der Waals surface area contributed by atoms with Crippen molar-refractivity contribution in [2.24, 2.45) is 0 Å². The van der Waals surface area contributed by atoms with Gasteiger partial charge in [0, 0.05) is 31.2 Å². The lowest BCUT2D eigenvalue weighted by molar-refractivity contribution is 0.313. The summed E-state index contributed by atoms with van der Waals surface area (Å²) in [6, 6.07) is 2.42. The normalized spacial score (nSPS) is 29.6. The van der Waals surface area contributed by atoms with Gasteiger partial charge in [-0.15, -0.1) is 0 Å². The summed E-state index contributed by atoms with van der Waals surface area (Å²) in [7, 11) is 0. The maximum absolute atomic E-state index is 3.77. The Bertz CT molecular complexity index is 194. The highest BCUT2D eigenvalue weighted by molar-refractivity contribution is 7.98. The van der Waals surface area contributed by atoms with Crippen LogP contribution in [0.5, 0.6) is 0 Å². The van der Waals surface area contributed by atoms with Crippen LogP contribution in [0.25, 0.3) is 0 Å². The molecule has 0 amide bonds. The van der Waals surface area contributed by atoms with Crippen LogP contribution in [0.15, 0.2) is 0 Å². The molecule has 1 saturated carbocycles. The summed E-state index contributed by atoms with van der Waals surface area (Å²) in [6.07, 6.45) is 7.77. The molecule has 0 aromatic heterocycles. The van der Waals surface area contributed by atoms with Gasteiger partial charge in [-0.2, -0.15) is 11.8 Å². The fourth-order valence-electron chi connectivity index (χ4n) is 2.48. The quantitative estimate of drug-likeness (QED) is 0.748. The van der Waals surface area contributed by atoms with Gasteiger partial charge in [-0.25, -0.2) is 0 Å². The molecule has 0 aromatic rings. The van der Waals surface area contributed by atoms with Gasteiger partial charge in [0.25, 0.3) is 0 Å². The minimum atomic E-state index is 0.696. The monoisotopic (exact) mass is 228 g/mol. The second-order valence-corrected chi connectivity index (χ2v) is 6.05. The zero-order chi connectivity index (χ0) is 10.7. The number of hydrogen-bond donors (Lipinski definition) is 1. The molecular formula is C12H24N2S. The average molecular weight is 228 g/mol. The first kappa shape index (κ1) is 11.7. The molecule has 1 heterocycles. The first-order valence-electron chi connectivity index (χ1n) is 6.28. The van der Waals surface area contributed by atoms with Gasteiger partial charge >= 0.3 is 0 Å². The Morgan fingerprint density at radius 2 is 2.20 bits per heavy atom. The fourth-order valence-corrected chi connectivity index (χ4v) is 3.06. The van der Waals surface area contributed by atoms with Crippen LogP contribution >= 0.6 is 11.8 Å². The lowest BCUT2D eigenvalue weighted by Crippen LogP contribution is -2.39. The van der Waals surface area contributed by atoms with Gasteiger partial charge < -0.3 is 5.32 Å². The Morgan fingerprint density at radius 1 is 1.40 bits per heavy atom. The molecule has 2 unspecified atom stereocenters. The van der Waals surface area contributed by atoms with E-state index in [0.717, 1.165) is 12.1 Å². The first-order valence-corrected chi connectivity index (χ1v) is 7.68. The second-order valence-electron chi connectivity index (χ2n) is 5.06. The highest BCUT2D eigenvalue weighted by atomic mass is 32.2. The molecule has 1 saturated heterocycles. The molecule has 3 heteroatoms. The number of likely N-dealkylation sites (tertiary alicyclic amines) is 1. The lowest BCUT2D eigenvalue weighted by Gasteiger charge is -2.20. The lowest BCUT2D eigenvalue weighted by atomic mass is 10.2. The standard InChI is InChI=1S/C12H24N2S/c1-10(6-8-15-2)13-11-5-7-14(9-11)12-3-4-12/h10-13H,3-9H2,1-2H3. The van der Waals surface area contributed by atoms with E-state index in [-0.39, 0.29) is 0 Å². The molecular weight excluding hydrogens is 204 g/mol. The van der Waals surface area contributed by atoms with Crippen molar-refractivity contribution in [1.82, 2.24) is 10.2 Å². The summed E-state index contributed by atoms with van der Waals surface area (Å²) in [6.45, 7) is 4.96. The summed E-state index contributed by atoms with van der Waals surface area (Å²) < 4.78 is 0. The van der Waals surface area contributed by atoms with Crippen LogP contribution in [0, 0.1) is 0 Å². The molecule has 88 valence electrons. The van der Waals surface area contributed by atoms with Crippen molar-refractivity contribution in [2.75, 3.05) is 25.1 Å². The minimum Gasteiger partial charge on any atom is -0.310 e. The second kappa shape index (κ2) is 5.55. The van der Waals surface area contributed by atoms with Crippen LogP contribution in [-0.4, -0.2) is 48.1 Å². The zero-order valence-electron chi connectivity index (χ0n) is 10.0. The molecule has 2 fully saturated rings. The molecule has 1 aliphatic carbocycles. The molecule has 0 bridgehead atoms. The summed E-state index contributed by atoms with van der Waals surface area (Å²) in [5.74, 6) is 1.28. The predicted octanol–water partition coefficient (Wildman–Crippen LogP) is 1.95. The molecule has 0 aromatic carbocycles. The van der Waals surface area contributed by atoms with Crippen molar-refractivity contribution < 1.29 is 0 Å². The van der Waals surface area contributed by atoms with Crippen LogP contribution in [0.1, 0.15) is 32.6 Å². The van der Waals surface area contributed by atoms with E-state index in [2.05, 4.69) is 23.4 Å². The van der Waals surface area contributed by atoms with Crippen molar-refractivity contribution in [3.05, 3.63) is 0 Å². The van der Waals surface area contributed by atoms with Crippen molar-refractivity contribution >= 4 is 11.8 Å². The summed E-state index contributed by atoms with van der Waals surface area (Å²) in [5.41, 5.74) is 0. The molecule has 1 N–H and O–H groups in total. The van der Waals surface area contributed by atoms with Gasteiger partial charge in [-0.1, -0.05) is 0 Å². The van der Waals surface area contributed by atoms with Crippen molar-refractivity contribution in [2.45, 2.75) is 50.7 Å². The molecule has 2 atom stereocenters. The Balaban J connectivity index is 1.62. The number of thioether (sulfide) groups is 1. The molecule has 15 heavy (non-hydrogen) atoms. The molecule has 2 rings (SSSR count). The summed E-state index contributed by atoms with van der Waals surface area (Å²) >= 11 is 1.95. The number of nitrogens with zero attached hydrogens (tertiary/aromatic N) is 1. The first-order chi connectivity index (χ1) is 7.29. The third-order valence-electron chi connectivity index (χ3n) is 3.56. The minimum absolute atomic E-state index is 0.696. The van der Waals surface area contributed by atoms with E-state index in [9.17, 15) is 0 Å². The zero-order valence-corrected chi connectivity index (χ0v) is 10.9. The van der Waals surface area contributed by atoms with Crippen LogP contribution in [0.4, 0.5) is 0 Å². The fraction of sp³-hybridized carbons (Fsp3) is 1.00.